The Hall–Kier alpha value is -2.68. The maximum absolute atomic E-state index is 12.9. The fourth-order valence-corrected chi connectivity index (χ4v) is 1.68. The van der Waals surface area contributed by atoms with Gasteiger partial charge < -0.3 is 20.2 Å². The van der Waals surface area contributed by atoms with Crippen LogP contribution in [0.5, 0.6) is 11.5 Å². The van der Waals surface area contributed by atoms with Crippen LogP contribution in [-0.2, 0) is 0 Å². The largest absolute Gasteiger partial charge is 0.586 e. The number of benzene rings is 1. The van der Waals surface area contributed by atoms with Crippen LogP contribution in [0.1, 0.15) is 0 Å². The lowest BCUT2D eigenvalue weighted by Crippen LogP contribution is -2.25. The van der Waals surface area contributed by atoms with Crippen LogP contribution in [-0.4, -0.2) is 16.3 Å². The molecule has 1 aliphatic rings. The Morgan fingerprint density at radius 3 is 2.60 bits per heavy atom. The first-order valence-electron chi connectivity index (χ1n) is 5.51. The van der Waals surface area contributed by atoms with Gasteiger partial charge in [-0.3, -0.25) is 0 Å². The molecule has 20 heavy (non-hydrogen) atoms. The quantitative estimate of drug-likeness (QED) is 0.583. The molecule has 1 aromatic carbocycles. The number of hydrogen-bond donors (Lipinski definition) is 3. The molecule has 1 aromatic heterocycles. The number of rotatable bonds is 3. The summed E-state index contributed by atoms with van der Waals surface area (Å²) in [4.78, 5) is 7.81. The first-order valence-corrected chi connectivity index (χ1v) is 5.51. The normalized spacial score (nSPS) is 14.9. The van der Waals surface area contributed by atoms with Crippen LogP contribution in [0, 0.1) is 0 Å². The van der Waals surface area contributed by atoms with Crippen LogP contribution in [0.15, 0.2) is 30.6 Å². The first-order chi connectivity index (χ1) is 9.55. The summed E-state index contributed by atoms with van der Waals surface area (Å²) in [5, 5.41) is 2.91. The molecule has 2 heterocycles. The Balaban J connectivity index is 1.82. The Bertz CT molecular complexity index is 652. The average Bonchev–Trinajstić information content (AvgIpc) is 2.72. The Morgan fingerprint density at radius 1 is 1.05 bits per heavy atom. The van der Waals surface area contributed by atoms with E-state index in [2.05, 4.69) is 30.2 Å². The molecule has 0 radical (unpaired) electrons. The number of hydrazine groups is 1. The monoisotopic (exact) mass is 281 g/mol. The van der Waals surface area contributed by atoms with Crippen LogP contribution in [0.3, 0.4) is 0 Å². The van der Waals surface area contributed by atoms with Crippen molar-refractivity contribution in [3.05, 3.63) is 30.6 Å². The van der Waals surface area contributed by atoms with E-state index >= 15 is 0 Å². The first kappa shape index (κ1) is 12.4. The van der Waals surface area contributed by atoms with E-state index < -0.39 is 6.29 Å². The van der Waals surface area contributed by atoms with Crippen molar-refractivity contribution in [2.45, 2.75) is 6.29 Å². The van der Waals surface area contributed by atoms with Crippen molar-refractivity contribution in [3.8, 4) is 11.5 Å². The van der Waals surface area contributed by atoms with Gasteiger partial charge in [-0.25, -0.2) is 15.8 Å². The van der Waals surface area contributed by atoms with E-state index in [1.807, 2.05) is 0 Å². The number of nitrogens with one attached hydrogen (secondary N) is 2. The highest BCUT2D eigenvalue weighted by Gasteiger charge is 2.43. The van der Waals surface area contributed by atoms with Crippen molar-refractivity contribution < 1.29 is 18.3 Å². The molecule has 0 saturated carbocycles. The van der Waals surface area contributed by atoms with Crippen molar-refractivity contribution in [1.82, 2.24) is 9.97 Å². The number of ether oxygens (including phenoxy) is 2. The van der Waals surface area contributed by atoms with Gasteiger partial charge in [-0.2, -0.15) is 0 Å². The van der Waals surface area contributed by atoms with Crippen LogP contribution in [0.4, 0.5) is 26.1 Å². The number of fused-ring (bicyclic) bond motifs is 1. The Labute approximate surface area is 111 Å². The van der Waals surface area contributed by atoms with Crippen LogP contribution < -0.4 is 26.1 Å². The molecule has 3 rings (SSSR count). The minimum Gasteiger partial charge on any atom is -0.395 e. The van der Waals surface area contributed by atoms with Gasteiger partial charge in [0.1, 0.15) is 18.0 Å². The molecule has 7 nitrogen and oxygen atoms in total. The van der Waals surface area contributed by atoms with Gasteiger partial charge in [0, 0.05) is 17.8 Å². The third kappa shape index (κ3) is 2.38. The maximum Gasteiger partial charge on any atom is 0.586 e. The van der Waals surface area contributed by atoms with Gasteiger partial charge in [-0.1, -0.05) is 0 Å². The van der Waals surface area contributed by atoms with Crippen molar-refractivity contribution >= 4 is 17.3 Å². The maximum atomic E-state index is 12.9. The molecule has 9 heteroatoms. The van der Waals surface area contributed by atoms with Gasteiger partial charge in [0.2, 0.25) is 0 Å². The molecule has 2 aromatic rings. The highest BCUT2D eigenvalue weighted by molar-refractivity contribution is 5.63. The van der Waals surface area contributed by atoms with E-state index in [0.29, 0.717) is 17.3 Å². The molecule has 0 aliphatic carbocycles. The van der Waals surface area contributed by atoms with Crippen molar-refractivity contribution in [3.63, 3.8) is 0 Å². The standard InChI is InChI=1S/C11H9F2N5O2/c12-11(13)19-7-2-1-6(3-8(7)20-11)17-9-4-10(18-14)16-5-15-9/h1-5H,14H2,(H2,15,16,17,18). The predicted molar refractivity (Wildman–Crippen MR) is 65.8 cm³/mol. The summed E-state index contributed by atoms with van der Waals surface area (Å²) in [5.41, 5.74) is 2.88. The van der Waals surface area contributed by atoms with Crippen molar-refractivity contribution in [1.29, 1.82) is 0 Å². The molecule has 0 saturated heterocycles. The summed E-state index contributed by atoms with van der Waals surface area (Å²) < 4.78 is 34.4. The van der Waals surface area contributed by atoms with Gasteiger partial charge in [0.15, 0.2) is 11.5 Å². The number of anilines is 3. The molecule has 0 fully saturated rings. The van der Waals surface area contributed by atoms with E-state index in [1.54, 1.807) is 12.1 Å². The zero-order chi connectivity index (χ0) is 14.2. The Kier molecular flexibility index (Phi) is 2.75. The highest BCUT2D eigenvalue weighted by atomic mass is 19.3. The molecule has 0 spiro atoms. The summed E-state index contributed by atoms with van der Waals surface area (Å²) in [7, 11) is 0. The zero-order valence-corrected chi connectivity index (χ0v) is 9.93. The lowest BCUT2D eigenvalue weighted by Gasteiger charge is -2.07. The smallest absolute Gasteiger partial charge is 0.395 e. The lowest BCUT2D eigenvalue weighted by atomic mass is 10.3. The molecule has 0 amide bonds. The van der Waals surface area contributed by atoms with Crippen LogP contribution in [0.2, 0.25) is 0 Å². The summed E-state index contributed by atoms with van der Waals surface area (Å²) in [6.45, 7) is 0. The van der Waals surface area contributed by atoms with Gasteiger partial charge >= 0.3 is 6.29 Å². The van der Waals surface area contributed by atoms with Gasteiger partial charge in [0.05, 0.1) is 0 Å². The number of nitrogen functional groups attached to an aromatic ring is 1. The van der Waals surface area contributed by atoms with E-state index in [0.717, 1.165) is 0 Å². The average molecular weight is 281 g/mol. The number of hydrogen-bond acceptors (Lipinski definition) is 7. The van der Waals surface area contributed by atoms with E-state index in [-0.39, 0.29) is 11.5 Å². The summed E-state index contributed by atoms with van der Waals surface area (Å²) in [5.74, 6) is 6.01. The van der Waals surface area contributed by atoms with E-state index in [1.165, 1.54) is 18.5 Å². The highest BCUT2D eigenvalue weighted by Crippen LogP contribution is 2.42. The minimum absolute atomic E-state index is 0.0208. The number of nitrogens with two attached hydrogens (primary N) is 1. The van der Waals surface area contributed by atoms with Gasteiger partial charge in [0.25, 0.3) is 0 Å². The SMILES string of the molecule is NNc1cc(Nc2ccc3c(c2)OC(F)(F)O3)ncn1. The van der Waals surface area contributed by atoms with Crippen molar-refractivity contribution in [2.75, 3.05) is 10.7 Å². The third-order valence-electron chi connectivity index (χ3n) is 2.49. The fourth-order valence-electron chi connectivity index (χ4n) is 1.68. The number of nitrogens with zero attached hydrogens (tertiary/aromatic N) is 2. The van der Waals surface area contributed by atoms with Crippen molar-refractivity contribution in [2.24, 2.45) is 5.84 Å². The second-order valence-corrected chi connectivity index (χ2v) is 3.89. The molecule has 4 N–H and O–H groups in total. The summed E-state index contributed by atoms with van der Waals surface area (Å²) >= 11 is 0. The Morgan fingerprint density at radius 2 is 1.80 bits per heavy atom. The molecule has 0 bridgehead atoms. The lowest BCUT2D eigenvalue weighted by molar-refractivity contribution is -0.286. The van der Waals surface area contributed by atoms with Gasteiger partial charge in [-0.15, -0.1) is 8.78 Å². The zero-order valence-electron chi connectivity index (χ0n) is 9.93. The van der Waals surface area contributed by atoms with Crippen LogP contribution in [0.25, 0.3) is 0 Å². The second-order valence-electron chi connectivity index (χ2n) is 3.89. The fraction of sp³-hybridized carbons (Fsp3) is 0.0909. The van der Waals surface area contributed by atoms with Crippen LogP contribution >= 0.6 is 0 Å². The summed E-state index contributed by atoms with van der Waals surface area (Å²) in [6.07, 6.45) is -2.33. The molecule has 1 aliphatic heterocycles. The summed E-state index contributed by atoms with van der Waals surface area (Å²) in [6, 6.07) is 5.87. The molecule has 0 atom stereocenters. The van der Waals surface area contributed by atoms with Gasteiger partial charge in [-0.05, 0) is 12.1 Å². The molecule has 0 unspecified atom stereocenters. The molecular formula is C11H9F2N5O2. The minimum atomic E-state index is -3.63. The topological polar surface area (TPSA) is 94.3 Å². The van der Waals surface area contributed by atoms with E-state index in [9.17, 15) is 8.78 Å². The van der Waals surface area contributed by atoms with E-state index in [4.69, 9.17) is 5.84 Å². The molecular weight excluding hydrogens is 272 g/mol. The number of halogens is 2. The number of alkyl halides is 2. The molecule has 104 valence electrons. The predicted octanol–water partition coefficient (Wildman–Crippen LogP) is 1.83. The second kappa shape index (κ2) is 4.46. The third-order valence-corrected chi connectivity index (χ3v) is 2.49. The number of aromatic nitrogens is 2.